The van der Waals surface area contributed by atoms with Gasteiger partial charge in [0, 0.05) is 29.6 Å². The van der Waals surface area contributed by atoms with Crippen molar-refractivity contribution in [1.29, 1.82) is 0 Å². The van der Waals surface area contributed by atoms with E-state index in [0.29, 0.717) is 12.2 Å². The summed E-state index contributed by atoms with van der Waals surface area (Å²) < 4.78 is 5.22. The van der Waals surface area contributed by atoms with Crippen molar-refractivity contribution in [3.8, 4) is 11.8 Å². The number of hydrogen-bond donors (Lipinski definition) is 0. The lowest BCUT2D eigenvalue weighted by molar-refractivity contribution is 0.0528. The average molecular weight is 450 g/mol. The summed E-state index contributed by atoms with van der Waals surface area (Å²) in [7, 11) is 0. The molecule has 0 spiro atoms. The molecular formula is C29H27N3O2. The first-order valence-corrected chi connectivity index (χ1v) is 11.6. The van der Waals surface area contributed by atoms with Crippen molar-refractivity contribution in [2.24, 2.45) is 10.3 Å². The molecule has 5 nitrogen and oxygen atoms in total. The number of rotatable bonds is 6. The minimum Gasteiger partial charge on any atom is -0.462 e. The minimum atomic E-state index is -0.321. The third-order valence-corrected chi connectivity index (χ3v) is 5.66. The van der Waals surface area contributed by atoms with Gasteiger partial charge in [-0.1, -0.05) is 65.6 Å². The Hall–Kier alpha value is -4.17. The highest BCUT2D eigenvalue weighted by atomic mass is 16.5. The smallest absolute Gasteiger partial charge is 0.338 e. The standard InChI is InChI=1S/C29H27N3O2/c1-4-32(5-2)31-30-28-20-18-22(24-12-8-10-14-26(24)28)16-15-21-17-19-27(29(33)34-6-3)25-13-9-7-11-23(21)25/h7-14,17-20H,4-6H2,1-3H3. The number of benzene rings is 4. The maximum atomic E-state index is 12.4. The lowest BCUT2D eigenvalue weighted by Crippen LogP contribution is -2.14. The summed E-state index contributed by atoms with van der Waals surface area (Å²) in [5.41, 5.74) is 3.14. The molecule has 0 aromatic heterocycles. The zero-order valence-corrected chi connectivity index (χ0v) is 19.7. The van der Waals surface area contributed by atoms with E-state index in [1.54, 1.807) is 13.0 Å². The largest absolute Gasteiger partial charge is 0.462 e. The molecule has 0 radical (unpaired) electrons. The van der Waals surface area contributed by atoms with Crippen LogP contribution in [0.4, 0.5) is 5.69 Å². The molecule has 34 heavy (non-hydrogen) atoms. The lowest BCUT2D eigenvalue weighted by atomic mass is 9.99. The Morgan fingerprint density at radius 3 is 1.94 bits per heavy atom. The fourth-order valence-electron chi connectivity index (χ4n) is 3.87. The fraction of sp³-hybridized carbons (Fsp3) is 0.207. The number of esters is 1. The Morgan fingerprint density at radius 1 is 0.765 bits per heavy atom. The third-order valence-electron chi connectivity index (χ3n) is 5.66. The van der Waals surface area contributed by atoms with Crippen LogP contribution in [0, 0.1) is 11.8 Å². The normalized spacial score (nSPS) is 10.9. The summed E-state index contributed by atoms with van der Waals surface area (Å²) in [5.74, 6) is 6.33. The predicted molar refractivity (Wildman–Crippen MR) is 137 cm³/mol. The van der Waals surface area contributed by atoms with Gasteiger partial charge in [0.2, 0.25) is 0 Å². The van der Waals surface area contributed by atoms with E-state index in [4.69, 9.17) is 4.74 Å². The Bertz CT molecular complexity index is 1430. The first kappa shape index (κ1) is 23.0. The van der Waals surface area contributed by atoms with E-state index in [1.807, 2.05) is 65.7 Å². The molecule has 0 aliphatic heterocycles. The van der Waals surface area contributed by atoms with Gasteiger partial charge in [-0.15, -0.1) is 5.11 Å². The Balaban J connectivity index is 1.76. The van der Waals surface area contributed by atoms with Crippen molar-refractivity contribution in [2.75, 3.05) is 19.7 Å². The van der Waals surface area contributed by atoms with Gasteiger partial charge >= 0.3 is 5.97 Å². The van der Waals surface area contributed by atoms with Gasteiger partial charge in [0.1, 0.15) is 0 Å². The number of fused-ring (bicyclic) bond motifs is 2. The van der Waals surface area contributed by atoms with E-state index in [9.17, 15) is 4.79 Å². The topological polar surface area (TPSA) is 54.3 Å². The summed E-state index contributed by atoms with van der Waals surface area (Å²) in [4.78, 5) is 12.4. The molecule has 0 unspecified atom stereocenters. The van der Waals surface area contributed by atoms with E-state index in [1.165, 1.54) is 0 Å². The number of carbonyl (C=O) groups is 1. The Morgan fingerprint density at radius 2 is 1.32 bits per heavy atom. The summed E-state index contributed by atoms with van der Waals surface area (Å²) in [6, 6.07) is 23.5. The SMILES string of the molecule is CCOC(=O)c1ccc(C#Cc2ccc(N=NN(CC)CC)c3ccccc23)c2ccccc12. The monoisotopic (exact) mass is 449 g/mol. The van der Waals surface area contributed by atoms with Gasteiger partial charge in [-0.25, -0.2) is 4.79 Å². The molecule has 4 aromatic rings. The number of hydrogen-bond acceptors (Lipinski definition) is 4. The predicted octanol–water partition coefficient (Wildman–Crippen LogP) is 6.91. The second kappa shape index (κ2) is 10.6. The van der Waals surface area contributed by atoms with Crippen molar-refractivity contribution in [1.82, 2.24) is 5.01 Å². The van der Waals surface area contributed by atoms with Crippen LogP contribution in [0.5, 0.6) is 0 Å². The highest BCUT2D eigenvalue weighted by Gasteiger charge is 2.12. The van der Waals surface area contributed by atoms with Gasteiger partial charge in [-0.3, -0.25) is 5.01 Å². The molecule has 0 N–H and O–H groups in total. The highest BCUT2D eigenvalue weighted by Crippen LogP contribution is 2.29. The molecule has 4 rings (SSSR count). The van der Waals surface area contributed by atoms with E-state index in [-0.39, 0.29) is 5.97 Å². The molecular weight excluding hydrogens is 422 g/mol. The molecule has 0 atom stereocenters. The van der Waals surface area contributed by atoms with Crippen LogP contribution in [-0.2, 0) is 4.74 Å². The molecule has 170 valence electrons. The number of ether oxygens (including phenoxy) is 1. The van der Waals surface area contributed by atoms with Gasteiger partial charge < -0.3 is 4.74 Å². The summed E-state index contributed by atoms with van der Waals surface area (Å²) in [6.45, 7) is 7.88. The number of carbonyl (C=O) groups excluding carboxylic acids is 1. The molecule has 0 amide bonds. The maximum absolute atomic E-state index is 12.4. The molecule has 0 saturated heterocycles. The molecule has 0 aliphatic carbocycles. The molecule has 0 heterocycles. The van der Waals surface area contributed by atoms with Crippen LogP contribution in [0.15, 0.2) is 83.1 Å². The Labute approximate surface area is 200 Å². The highest BCUT2D eigenvalue weighted by molar-refractivity contribution is 6.06. The number of nitrogens with zero attached hydrogens (tertiary/aromatic N) is 3. The van der Waals surface area contributed by atoms with E-state index < -0.39 is 0 Å². The zero-order chi connectivity index (χ0) is 23.9. The molecule has 0 saturated carbocycles. The van der Waals surface area contributed by atoms with Crippen LogP contribution in [-0.4, -0.2) is 30.7 Å². The van der Waals surface area contributed by atoms with Gasteiger partial charge in [-0.05, 0) is 61.2 Å². The zero-order valence-electron chi connectivity index (χ0n) is 19.7. The van der Waals surface area contributed by atoms with Crippen LogP contribution >= 0.6 is 0 Å². The van der Waals surface area contributed by atoms with Gasteiger partial charge in [-0.2, -0.15) is 0 Å². The first-order valence-electron chi connectivity index (χ1n) is 11.6. The van der Waals surface area contributed by atoms with Crippen molar-refractivity contribution in [3.63, 3.8) is 0 Å². The van der Waals surface area contributed by atoms with Crippen molar-refractivity contribution in [3.05, 3.63) is 89.5 Å². The average Bonchev–Trinajstić information content (AvgIpc) is 2.88. The van der Waals surface area contributed by atoms with Crippen molar-refractivity contribution >= 4 is 33.2 Å². The second-order valence-corrected chi connectivity index (χ2v) is 7.68. The van der Waals surface area contributed by atoms with Gasteiger partial charge in [0.15, 0.2) is 0 Å². The molecule has 0 bridgehead atoms. The quantitative estimate of drug-likeness (QED) is 0.139. The second-order valence-electron chi connectivity index (χ2n) is 7.68. The Kier molecular flexibility index (Phi) is 7.19. The molecule has 4 aromatic carbocycles. The van der Waals surface area contributed by atoms with Gasteiger partial charge in [0.25, 0.3) is 0 Å². The van der Waals surface area contributed by atoms with E-state index >= 15 is 0 Å². The lowest BCUT2D eigenvalue weighted by Gasteiger charge is -2.11. The summed E-state index contributed by atoms with van der Waals surface area (Å²) in [5, 5.41) is 14.5. The molecule has 0 aliphatic rings. The fourth-order valence-corrected chi connectivity index (χ4v) is 3.87. The summed E-state index contributed by atoms with van der Waals surface area (Å²) in [6.07, 6.45) is 0. The molecule has 5 heteroatoms. The van der Waals surface area contributed by atoms with Crippen molar-refractivity contribution in [2.45, 2.75) is 20.8 Å². The maximum Gasteiger partial charge on any atom is 0.338 e. The van der Waals surface area contributed by atoms with Crippen LogP contribution in [0.25, 0.3) is 21.5 Å². The van der Waals surface area contributed by atoms with Crippen LogP contribution < -0.4 is 0 Å². The van der Waals surface area contributed by atoms with Crippen molar-refractivity contribution < 1.29 is 9.53 Å². The van der Waals surface area contributed by atoms with Crippen LogP contribution in [0.3, 0.4) is 0 Å². The first-order chi connectivity index (χ1) is 16.7. The van der Waals surface area contributed by atoms with Gasteiger partial charge in [0.05, 0.1) is 17.9 Å². The van der Waals surface area contributed by atoms with Crippen LogP contribution in [0.2, 0.25) is 0 Å². The summed E-state index contributed by atoms with van der Waals surface area (Å²) >= 11 is 0. The third kappa shape index (κ3) is 4.77. The molecule has 0 fully saturated rings. The van der Waals surface area contributed by atoms with E-state index in [0.717, 1.165) is 51.4 Å². The van der Waals surface area contributed by atoms with E-state index in [2.05, 4.69) is 42.1 Å². The van der Waals surface area contributed by atoms with Crippen LogP contribution in [0.1, 0.15) is 42.3 Å². The minimum absolute atomic E-state index is 0.321.